The molecule has 166 valence electrons. The summed E-state index contributed by atoms with van der Waals surface area (Å²) >= 11 is 0. The summed E-state index contributed by atoms with van der Waals surface area (Å²) in [5.41, 5.74) is 8.49. The van der Waals surface area contributed by atoms with Crippen LogP contribution in [0.5, 0.6) is 11.8 Å². The van der Waals surface area contributed by atoms with Gasteiger partial charge in [0.2, 0.25) is 0 Å². The Morgan fingerprint density at radius 2 is 2.03 bits per heavy atom. The van der Waals surface area contributed by atoms with Gasteiger partial charge in [-0.1, -0.05) is 13.3 Å². The Bertz CT molecular complexity index is 1030. The number of nitrogen functional groups attached to an aromatic ring is 1. The Balaban J connectivity index is 1.59. The van der Waals surface area contributed by atoms with E-state index in [1.54, 1.807) is 17.8 Å². The number of ether oxygens (including phenoxy) is 2. The minimum Gasteiger partial charge on any atom is -0.493 e. The third-order valence-electron chi connectivity index (χ3n) is 5.35. The predicted octanol–water partition coefficient (Wildman–Crippen LogP) is 1.68. The standard InChI is InChI=1S/C21H30N8O2/c1-4-5-14(2)31-21-26-18(22)20-25-13-16(29(20)27-21)10-15-11-17(30-3)19(24-12-15)28-8-6-23-7-9-28/h11-14,23H,4-10H2,1-3H3,(H2,22,26,27)/t14-/m0/s1. The number of methoxy groups -OCH3 is 1. The number of nitrogens with zero attached hydrogens (tertiary/aromatic N) is 6. The van der Waals surface area contributed by atoms with E-state index in [1.165, 1.54) is 0 Å². The number of fused-ring (bicyclic) bond motifs is 1. The van der Waals surface area contributed by atoms with Crippen molar-refractivity contribution in [3.8, 4) is 11.8 Å². The SMILES string of the molecule is CCC[C@H](C)Oc1nc(N)c2ncc(Cc3cnc(N4CCNCC4)c(OC)c3)n2n1. The molecule has 31 heavy (non-hydrogen) atoms. The van der Waals surface area contributed by atoms with Gasteiger partial charge in [0.25, 0.3) is 0 Å². The van der Waals surface area contributed by atoms with E-state index in [2.05, 4.69) is 32.2 Å². The van der Waals surface area contributed by atoms with Gasteiger partial charge in [0.15, 0.2) is 23.0 Å². The molecule has 0 unspecified atom stereocenters. The van der Waals surface area contributed by atoms with Crippen molar-refractivity contribution in [2.75, 3.05) is 43.9 Å². The number of nitrogens with one attached hydrogen (secondary N) is 1. The lowest BCUT2D eigenvalue weighted by Gasteiger charge is -2.29. The molecule has 0 spiro atoms. The van der Waals surface area contributed by atoms with E-state index in [9.17, 15) is 0 Å². The van der Waals surface area contributed by atoms with E-state index in [4.69, 9.17) is 20.2 Å². The topological polar surface area (TPSA) is 116 Å². The predicted molar refractivity (Wildman–Crippen MR) is 119 cm³/mol. The van der Waals surface area contributed by atoms with Crippen LogP contribution < -0.4 is 25.4 Å². The Labute approximate surface area is 181 Å². The molecule has 10 nitrogen and oxygen atoms in total. The number of hydrogen-bond acceptors (Lipinski definition) is 9. The van der Waals surface area contributed by atoms with Crippen LogP contribution in [0, 0.1) is 0 Å². The van der Waals surface area contributed by atoms with Crippen molar-refractivity contribution in [1.82, 2.24) is 29.9 Å². The van der Waals surface area contributed by atoms with Crippen molar-refractivity contribution in [2.24, 2.45) is 0 Å². The third kappa shape index (κ3) is 4.63. The molecule has 4 rings (SSSR count). The number of aromatic nitrogens is 5. The quantitative estimate of drug-likeness (QED) is 0.555. The summed E-state index contributed by atoms with van der Waals surface area (Å²) in [6.07, 6.45) is 6.17. The lowest BCUT2D eigenvalue weighted by molar-refractivity contribution is 0.189. The van der Waals surface area contributed by atoms with Crippen LogP contribution in [0.2, 0.25) is 0 Å². The number of nitrogens with two attached hydrogens (primary N) is 1. The maximum absolute atomic E-state index is 6.10. The zero-order valence-corrected chi connectivity index (χ0v) is 18.3. The van der Waals surface area contributed by atoms with E-state index < -0.39 is 0 Å². The fraction of sp³-hybridized carbons (Fsp3) is 0.524. The first-order valence-corrected chi connectivity index (χ1v) is 10.7. The minimum atomic E-state index is 0.0137. The molecular weight excluding hydrogens is 396 g/mol. The van der Waals surface area contributed by atoms with Gasteiger partial charge < -0.3 is 25.4 Å². The van der Waals surface area contributed by atoms with Crippen molar-refractivity contribution in [2.45, 2.75) is 39.2 Å². The number of hydrogen-bond donors (Lipinski definition) is 2. The van der Waals surface area contributed by atoms with Crippen LogP contribution in [-0.4, -0.2) is 64.0 Å². The maximum Gasteiger partial charge on any atom is 0.336 e. The summed E-state index contributed by atoms with van der Waals surface area (Å²) in [4.78, 5) is 15.6. The van der Waals surface area contributed by atoms with Crippen LogP contribution in [0.4, 0.5) is 11.6 Å². The van der Waals surface area contributed by atoms with Crippen molar-refractivity contribution >= 4 is 17.3 Å². The van der Waals surface area contributed by atoms with Gasteiger partial charge in [-0.3, -0.25) is 0 Å². The van der Waals surface area contributed by atoms with E-state index in [-0.39, 0.29) is 12.1 Å². The zero-order chi connectivity index (χ0) is 21.8. The van der Waals surface area contributed by atoms with E-state index in [1.807, 2.05) is 19.2 Å². The highest BCUT2D eigenvalue weighted by Crippen LogP contribution is 2.28. The molecular formula is C21H30N8O2. The maximum atomic E-state index is 6.10. The Morgan fingerprint density at radius 3 is 2.77 bits per heavy atom. The van der Waals surface area contributed by atoms with Crippen molar-refractivity contribution in [3.63, 3.8) is 0 Å². The Kier molecular flexibility index (Phi) is 6.36. The largest absolute Gasteiger partial charge is 0.493 e. The molecule has 1 aliphatic rings. The highest BCUT2D eigenvalue weighted by atomic mass is 16.5. The van der Waals surface area contributed by atoms with Crippen LogP contribution >= 0.6 is 0 Å². The monoisotopic (exact) mass is 426 g/mol. The minimum absolute atomic E-state index is 0.0137. The van der Waals surface area contributed by atoms with E-state index in [0.29, 0.717) is 17.9 Å². The molecule has 0 aromatic carbocycles. The first-order chi connectivity index (χ1) is 15.1. The molecule has 4 heterocycles. The number of pyridine rings is 1. The van der Waals surface area contributed by atoms with Crippen LogP contribution in [0.1, 0.15) is 37.9 Å². The lowest BCUT2D eigenvalue weighted by atomic mass is 10.1. The molecule has 1 fully saturated rings. The van der Waals surface area contributed by atoms with Crippen LogP contribution in [0.3, 0.4) is 0 Å². The smallest absolute Gasteiger partial charge is 0.336 e. The average molecular weight is 427 g/mol. The number of rotatable bonds is 8. The summed E-state index contributed by atoms with van der Waals surface area (Å²) < 4.78 is 13.2. The molecule has 3 N–H and O–H groups in total. The van der Waals surface area contributed by atoms with Crippen LogP contribution in [-0.2, 0) is 6.42 Å². The summed E-state index contributed by atoms with van der Waals surface area (Å²) in [6, 6.07) is 2.28. The van der Waals surface area contributed by atoms with Gasteiger partial charge in [-0.25, -0.2) is 14.5 Å². The molecule has 1 saturated heterocycles. The molecule has 0 bridgehead atoms. The molecule has 1 atom stereocenters. The van der Waals surface area contributed by atoms with Gasteiger partial charge in [-0.2, -0.15) is 4.98 Å². The molecule has 3 aromatic heterocycles. The summed E-state index contributed by atoms with van der Waals surface area (Å²) in [7, 11) is 1.68. The molecule has 1 aliphatic heterocycles. The summed E-state index contributed by atoms with van der Waals surface area (Å²) in [5, 5.41) is 7.88. The van der Waals surface area contributed by atoms with Crippen LogP contribution in [0.25, 0.3) is 5.65 Å². The van der Waals surface area contributed by atoms with Crippen molar-refractivity contribution < 1.29 is 9.47 Å². The first kappa shape index (κ1) is 21.1. The third-order valence-corrected chi connectivity index (χ3v) is 5.35. The second kappa shape index (κ2) is 9.34. The second-order valence-electron chi connectivity index (χ2n) is 7.76. The molecule has 10 heteroatoms. The van der Waals surface area contributed by atoms with Gasteiger partial charge in [0.05, 0.1) is 25.1 Å². The normalized spacial score (nSPS) is 15.3. The van der Waals surface area contributed by atoms with Gasteiger partial charge in [-0.15, -0.1) is 5.10 Å². The molecule has 0 saturated carbocycles. The van der Waals surface area contributed by atoms with Gasteiger partial charge in [0.1, 0.15) is 0 Å². The van der Waals surface area contributed by atoms with Gasteiger partial charge in [-0.05, 0) is 25.0 Å². The molecule has 0 amide bonds. The molecule has 3 aromatic rings. The van der Waals surface area contributed by atoms with Gasteiger partial charge >= 0.3 is 6.01 Å². The van der Waals surface area contributed by atoms with Crippen molar-refractivity contribution in [3.05, 3.63) is 29.7 Å². The summed E-state index contributed by atoms with van der Waals surface area (Å²) in [5.74, 6) is 1.93. The Hall–Kier alpha value is -3.14. The number of piperazine rings is 1. The fourth-order valence-electron chi connectivity index (χ4n) is 3.79. The number of anilines is 2. The number of imidazole rings is 1. The summed E-state index contributed by atoms with van der Waals surface area (Å²) in [6.45, 7) is 7.81. The van der Waals surface area contributed by atoms with Crippen LogP contribution in [0.15, 0.2) is 18.5 Å². The molecule has 0 aliphatic carbocycles. The van der Waals surface area contributed by atoms with Crippen molar-refractivity contribution in [1.29, 1.82) is 0 Å². The fourth-order valence-corrected chi connectivity index (χ4v) is 3.79. The first-order valence-electron chi connectivity index (χ1n) is 10.7. The van der Waals surface area contributed by atoms with E-state index >= 15 is 0 Å². The lowest BCUT2D eigenvalue weighted by Crippen LogP contribution is -2.44. The highest BCUT2D eigenvalue weighted by molar-refractivity contribution is 5.60. The highest BCUT2D eigenvalue weighted by Gasteiger charge is 2.18. The molecule has 0 radical (unpaired) electrons. The van der Waals surface area contributed by atoms with Gasteiger partial charge in [0, 0.05) is 38.8 Å². The van der Waals surface area contributed by atoms with E-state index in [0.717, 1.165) is 61.8 Å². The zero-order valence-electron chi connectivity index (χ0n) is 18.3. The second-order valence-corrected chi connectivity index (χ2v) is 7.76. The average Bonchev–Trinajstić information content (AvgIpc) is 3.17. The Morgan fingerprint density at radius 1 is 1.23 bits per heavy atom.